The van der Waals surface area contributed by atoms with Crippen LogP contribution in [0.3, 0.4) is 0 Å². The van der Waals surface area contributed by atoms with Crippen LogP contribution in [0.5, 0.6) is 5.75 Å². The molecule has 1 aliphatic carbocycles. The third kappa shape index (κ3) is 7.14. The van der Waals surface area contributed by atoms with Gasteiger partial charge in [0.25, 0.3) is 0 Å². The highest BCUT2D eigenvalue weighted by Crippen LogP contribution is 2.48. The molecule has 1 fully saturated rings. The summed E-state index contributed by atoms with van der Waals surface area (Å²) < 4.78 is 5.62. The number of ether oxygens (including phenoxy) is 1. The molecule has 12 heteroatoms. The summed E-state index contributed by atoms with van der Waals surface area (Å²) in [5, 5.41) is 16.6. The van der Waals surface area contributed by atoms with Gasteiger partial charge in [0.15, 0.2) is 0 Å². The highest BCUT2D eigenvalue weighted by atomic mass is 35.5. The molecular formula is C27H33ClN8O3. The van der Waals surface area contributed by atoms with E-state index in [1.54, 1.807) is 25.3 Å². The first-order chi connectivity index (χ1) is 18.6. The van der Waals surface area contributed by atoms with Gasteiger partial charge in [-0.05, 0) is 62.3 Å². The molecule has 2 aromatic carbocycles. The largest absolute Gasteiger partial charge is 0.494 e. The number of nitrogens with one attached hydrogen (secondary N) is 2. The Kier molecular flexibility index (Phi) is 8.54. The Bertz CT molecular complexity index is 1380. The molecule has 0 aliphatic heterocycles. The number of likely N-dealkylation sites (N-methyl/N-ethyl adjacent to an activating group) is 2. The maximum Gasteiger partial charge on any atom is 0.245 e. The minimum Gasteiger partial charge on any atom is -0.494 e. The molecule has 5 N–H and O–H groups in total. The zero-order valence-electron chi connectivity index (χ0n) is 22.4. The van der Waals surface area contributed by atoms with Crippen molar-refractivity contribution in [2.45, 2.75) is 18.4 Å². The van der Waals surface area contributed by atoms with E-state index < -0.39 is 10.8 Å². The smallest absolute Gasteiger partial charge is 0.245 e. The molecule has 4 rings (SSSR count). The Balaban J connectivity index is 1.58. The van der Waals surface area contributed by atoms with Gasteiger partial charge in [0.2, 0.25) is 17.1 Å². The number of aromatic nitrogens is 3. The van der Waals surface area contributed by atoms with Gasteiger partial charge in [-0.1, -0.05) is 18.2 Å². The standard InChI is InChI=1S/C27H33ClN8O3/c1-35(2)11-12-36(3)22-15-23(39-4)21(14-19(22)29)33-26-31-16-30-25(34-26)32-20-13-17(6-8-24(28)37)5-7-18(20)27(38)9-10-27/h5-8,13-16,38H,9-12,29H2,1-4H3,(H2,30,31,32,33,34)/b8-6-. The Morgan fingerprint density at radius 2 is 1.82 bits per heavy atom. The summed E-state index contributed by atoms with van der Waals surface area (Å²) in [6.45, 7) is 1.67. The lowest BCUT2D eigenvalue weighted by Gasteiger charge is -2.24. The highest BCUT2D eigenvalue weighted by Gasteiger charge is 2.43. The second-order valence-electron chi connectivity index (χ2n) is 9.69. The van der Waals surface area contributed by atoms with E-state index in [1.807, 2.05) is 39.3 Å². The minimum atomic E-state index is -0.909. The molecule has 0 saturated heterocycles. The summed E-state index contributed by atoms with van der Waals surface area (Å²) in [7, 11) is 7.62. The summed E-state index contributed by atoms with van der Waals surface area (Å²) in [6.07, 6.45) is 5.55. The van der Waals surface area contributed by atoms with Gasteiger partial charge < -0.3 is 36.0 Å². The van der Waals surface area contributed by atoms with Crippen molar-refractivity contribution in [3.05, 3.63) is 53.9 Å². The zero-order valence-corrected chi connectivity index (χ0v) is 23.2. The monoisotopic (exact) mass is 552 g/mol. The number of methoxy groups -OCH3 is 1. The van der Waals surface area contributed by atoms with E-state index in [0.717, 1.165) is 29.9 Å². The normalized spacial score (nSPS) is 13.9. The molecule has 1 aliphatic rings. The molecule has 0 radical (unpaired) electrons. The van der Waals surface area contributed by atoms with Crippen molar-refractivity contribution in [2.24, 2.45) is 0 Å². The molecule has 1 saturated carbocycles. The van der Waals surface area contributed by atoms with Crippen LogP contribution >= 0.6 is 11.6 Å². The minimum absolute atomic E-state index is 0.263. The summed E-state index contributed by atoms with van der Waals surface area (Å²) in [5.74, 6) is 1.12. The fourth-order valence-corrected chi connectivity index (χ4v) is 4.10. The molecule has 3 aromatic rings. The molecule has 206 valence electrons. The number of nitrogens with two attached hydrogens (primary N) is 1. The zero-order chi connectivity index (χ0) is 28.2. The average Bonchev–Trinajstić information content (AvgIpc) is 3.64. The number of anilines is 6. The first-order valence-electron chi connectivity index (χ1n) is 12.4. The van der Waals surface area contributed by atoms with Crippen LogP contribution in [0.2, 0.25) is 0 Å². The van der Waals surface area contributed by atoms with Gasteiger partial charge in [-0.25, -0.2) is 9.97 Å². The fraction of sp³-hybridized carbons (Fsp3) is 0.333. The van der Waals surface area contributed by atoms with Gasteiger partial charge in [0.1, 0.15) is 12.1 Å². The molecular weight excluding hydrogens is 520 g/mol. The molecule has 1 heterocycles. The highest BCUT2D eigenvalue weighted by molar-refractivity contribution is 6.66. The number of nitrogens with zero attached hydrogens (tertiary/aromatic N) is 5. The number of carbonyl (C=O) groups excluding carboxylic acids is 1. The van der Waals surface area contributed by atoms with Crippen molar-refractivity contribution in [2.75, 3.05) is 62.6 Å². The van der Waals surface area contributed by atoms with E-state index in [9.17, 15) is 9.90 Å². The van der Waals surface area contributed by atoms with Crippen molar-refractivity contribution < 1.29 is 14.6 Å². The molecule has 39 heavy (non-hydrogen) atoms. The van der Waals surface area contributed by atoms with Crippen molar-refractivity contribution in [3.8, 4) is 5.75 Å². The van der Waals surface area contributed by atoms with E-state index in [2.05, 4.69) is 35.4 Å². The molecule has 0 unspecified atom stereocenters. The van der Waals surface area contributed by atoms with Crippen molar-refractivity contribution in [3.63, 3.8) is 0 Å². The Hall–Kier alpha value is -3.93. The number of halogens is 1. The molecule has 11 nitrogen and oxygen atoms in total. The van der Waals surface area contributed by atoms with Gasteiger partial charge in [0, 0.05) is 37.5 Å². The van der Waals surface area contributed by atoms with Crippen LogP contribution in [-0.4, -0.2) is 71.5 Å². The predicted molar refractivity (Wildman–Crippen MR) is 155 cm³/mol. The maximum atomic E-state index is 11.2. The predicted octanol–water partition coefficient (Wildman–Crippen LogP) is 3.71. The fourth-order valence-electron chi connectivity index (χ4n) is 4.04. The lowest BCUT2D eigenvalue weighted by molar-refractivity contribution is -0.107. The molecule has 0 amide bonds. The number of nitrogen functional groups attached to an aromatic ring is 1. The third-order valence-electron chi connectivity index (χ3n) is 6.38. The number of hydrogen-bond acceptors (Lipinski definition) is 11. The van der Waals surface area contributed by atoms with E-state index in [-0.39, 0.29) is 11.9 Å². The van der Waals surface area contributed by atoms with Crippen molar-refractivity contribution in [1.29, 1.82) is 0 Å². The van der Waals surface area contributed by atoms with E-state index in [4.69, 9.17) is 22.1 Å². The van der Waals surface area contributed by atoms with Gasteiger partial charge in [-0.3, -0.25) is 4.79 Å². The Morgan fingerprint density at radius 3 is 2.44 bits per heavy atom. The SMILES string of the molecule is COc1cc(N(C)CCN(C)C)c(N)cc1Nc1ncnc(Nc2cc(/C=C\C(=O)Cl)ccc2C2(O)CC2)n1. The van der Waals surface area contributed by atoms with Gasteiger partial charge in [-0.15, -0.1) is 0 Å². The van der Waals surface area contributed by atoms with Crippen LogP contribution in [0.1, 0.15) is 24.0 Å². The second-order valence-corrected chi connectivity index (χ2v) is 10.1. The Labute approximate surface area is 232 Å². The number of aliphatic hydroxyl groups is 1. The molecule has 0 bridgehead atoms. The number of hydrogen-bond donors (Lipinski definition) is 4. The van der Waals surface area contributed by atoms with Crippen molar-refractivity contribution >= 4 is 57.6 Å². The van der Waals surface area contributed by atoms with E-state index in [1.165, 1.54) is 12.4 Å². The van der Waals surface area contributed by atoms with Crippen LogP contribution in [0.4, 0.5) is 34.6 Å². The number of benzene rings is 2. The second kappa shape index (κ2) is 11.9. The van der Waals surface area contributed by atoms with Crippen molar-refractivity contribution in [1.82, 2.24) is 19.9 Å². The molecule has 1 aromatic heterocycles. The number of rotatable bonds is 12. The van der Waals surface area contributed by atoms with Crippen LogP contribution in [0, 0.1) is 0 Å². The van der Waals surface area contributed by atoms with Gasteiger partial charge in [0.05, 0.1) is 29.8 Å². The molecule has 0 spiro atoms. The van der Waals surface area contributed by atoms with E-state index in [0.29, 0.717) is 35.7 Å². The quantitative estimate of drug-likeness (QED) is 0.148. The maximum absolute atomic E-state index is 11.2. The van der Waals surface area contributed by atoms with Crippen LogP contribution in [0.25, 0.3) is 6.08 Å². The first-order valence-corrected chi connectivity index (χ1v) is 12.8. The molecule has 0 atom stereocenters. The van der Waals surface area contributed by atoms with Crippen LogP contribution in [-0.2, 0) is 10.4 Å². The first kappa shape index (κ1) is 28.1. The van der Waals surface area contributed by atoms with Gasteiger partial charge in [-0.2, -0.15) is 4.98 Å². The topological polar surface area (TPSA) is 142 Å². The van der Waals surface area contributed by atoms with Crippen LogP contribution < -0.4 is 26.0 Å². The number of carbonyl (C=O) groups is 1. The lowest BCUT2D eigenvalue weighted by atomic mass is 10.0. The third-order valence-corrected chi connectivity index (χ3v) is 6.51. The summed E-state index contributed by atoms with van der Waals surface area (Å²) >= 11 is 5.44. The van der Waals surface area contributed by atoms with E-state index >= 15 is 0 Å². The average molecular weight is 553 g/mol. The summed E-state index contributed by atoms with van der Waals surface area (Å²) in [6, 6.07) is 9.09. The Morgan fingerprint density at radius 1 is 1.13 bits per heavy atom. The summed E-state index contributed by atoms with van der Waals surface area (Å²) in [5.41, 5.74) is 9.56. The lowest BCUT2D eigenvalue weighted by Crippen LogP contribution is -2.29. The van der Waals surface area contributed by atoms with Crippen LogP contribution in [0.15, 0.2) is 42.7 Å². The van der Waals surface area contributed by atoms with Gasteiger partial charge >= 0.3 is 0 Å². The number of allylic oxidation sites excluding steroid dienone is 1. The summed E-state index contributed by atoms with van der Waals surface area (Å²) in [4.78, 5) is 28.3.